The van der Waals surface area contributed by atoms with Gasteiger partial charge < -0.3 is 4.57 Å². The van der Waals surface area contributed by atoms with E-state index in [1.165, 1.54) is 47.3 Å². The van der Waals surface area contributed by atoms with Crippen molar-refractivity contribution in [3.63, 3.8) is 0 Å². The van der Waals surface area contributed by atoms with Crippen LogP contribution in [-0.4, -0.2) is 23.6 Å². The number of rotatable bonds is 6. The quantitative estimate of drug-likeness (QED) is 0.278. The van der Waals surface area contributed by atoms with Crippen LogP contribution in [0, 0.1) is 15.9 Å². The number of imidazole rings is 1. The van der Waals surface area contributed by atoms with Crippen LogP contribution in [-0.2, 0) is 13.1 Å². The van der Waals surface area contributed by atoms with Crippen LogP contribution in [0.25, 0.3) is 16.9 Å². The minimum Gasteiger partial charge on any atom is -0.320 e. The molecule has 5 aromatic rings. The average molecular weight is 471 g/mol. The van der Waals surface area contributed by atoms with Crippen molar-refractivity contribution in [3.8, 4) is 5.69 Å². The minimum absolute atomic E-state index is 0.0254. The first-order valence-corrected chi connectivity index (χ1v) is 10.7. The molecule has 0 atom stereocenters. The molecule has 0 spiro atoms. The SMILES string of the molecule is O=c1c2c(ncn2Cc2cccc([N+](=O)[O-])c2)n(-c2ccc(F)cc2)c(=O)n1Cc1ccccc1. The van der Waals surface area contributed by atoms with Gasteiger partial charge in [-0.05, 0) is 35.4 Å². The molecule has 9 nitrogen and oxygen atoms in total. The van der Waals surface area contributed by atoms with Gasteiger partial charge in [0, 0.05) is 18.7 Å². The molecule has 5 rings (SSSR count). The number of fused-ring (bicyclic) bond motifs is 1. The van der Waals surface area contributed by atoms with Crippen molar-refractivity contribution in [2.24, 2.45) is 0 Å². The first-order valence-electron chi connectivity index (χ1n) is 10.7. The topological polar surface area (TPSA) is 105 Å². The fourth-order valence-electron chi connectivity index (χ4n) is 3.99. The van der Waals surface area contributed by atoms with Gasteiger partial charge in [0.05, 0.1) is 23.5 Å². The highest BCUT2D eigenvalue weighted by atomic mass is 19.1. The summed E-state index contributed by atoms with van der Waals surface area (Å²) in [4.78, 5) is 42.1. The molecule has 35 heavy (non-hydrogen) atoms. The van der Waals surface area contributed by atoms with Crippen molar-refractivity contribution in [1.29, 1.82) is 0 Å². The van der Waals surface area contributed by atoms with E-state index in [4.69, 9.17) is 0 Å². The van der Waals surface area contributed by atoms with Crippen LogP contribution < -0.4 is 11.2 Å². The summed E-state index contributed by atoms with van der Waals surface area (Å²) < 4.78 is 17.5. The number of aromatic nitrogens is 4. The van der Waals surface area contributed by atoms with E-state index in [0.29, 0.717) is 11.3 Å². The Labute approximate surface area is 197 Å². The van der Waals surface area contributed by atoms with Crippen LogP contribution in [0.5, 0.6) is 0 Å². The zero-order chi connectivity index (χ0) is 24.5. The Balaban J connectivity index is 1.73. The van der Waals surface area contributed by atoms with Crippen LogP contribution in [0.4, 0.5) is 10.1 Å². The number of nitro groups is 1. The lowest BCUT2D eigenvalue weighted by Gasteiger charge is -2.13. The number of hydrogen-bond donors (Lipinski definition) is 0. The van der Waals surface area contributed by atoms with Crippen molar-refractivity contribution in [3.05, 3.63) is 133 Å². The normalized spacial score (nSPS) is 11.1. The molecule has 2 heterocycles. The third-order valence-corrected chi connectivity index (χ3v) is 5.64. The summed E-state index contributed by atoms with van der Waals surface area (Å²) in [5.74, 6) is -0.466. The summed E-state index contributed by atoms with van der Waals surface area (Å²) in [6.07, 6.45) is 1.41. The maximum absolute atomic E-state index is 13.6. The highest BCUT2D eigenvalue weighted by Gasteiger charge is 2.20. The van der Waals surface area contributed by atoms with Crippen LogP contribution in [0.1, 0.15) is 11.1 Å². The van der Waals surface area contributed by atoms with Gasteiger partial charge in [-0.15, -0.1) is 0 Å². The molecule has 0 aliphatic heterocycles. The Morgan fingerprint density at radius 2 is 1.60 bits per heavy atom. The van der Waals surface area contributed by atoms with Gasteiger partial charge in [0.2, 0.25) is 0 Å². The summed E-state index contributed by atoms with van der Waals surface area (Å²) in [6.45, 7) is 0.151. The molecule has 0 aliphatic carbocycles. The summed E-state index contributed by atoms with van der Waals surface area (Å²) in [5.41, 5.74) is 0.723. The summed E-state index contributed by atoms with van der Waals surface area (Å²) in [5, 5.41) is 11.2. The number of benzene rings is 3. The van der Waals surface area contributed by atoms with Gasteiger partial charge in [0.1, 0.15) is 5.82 Å². The van der Waals surface area contributed by atoms with Crippen molar-refractivity contribution < 1.29 is 9.31 Å². The van der Waals surface area contributed by atoms with Crippen LogP contribution in [0.3, 0.4) is 0 Å². The molecule has 0 radical (unpaired) electrons. The molecule has 0 saturated heterocycles. The van der Waals surface area contributed by atoms with Gasteiger partial charge in [0.25, 0.3) is 11.2 Å². The van der Waals surface area contributed by atoms with Crippen molar-refractivity contribution in [2.45, 2.75) is 13.1 Å². The second kappa shape index (κ2) is 8.82. The lowest BCUT2D eigenvalue weighted by Crippen LogP contribution is -2.40. The molecular formula is C25H18FN5O4. The third-order valence-electron chi connectivity index (χ3n) is 5.64. The molecule has 10 heteroatoms. The summed E-state index contributed by atoms with van der Waals surface area (Å²) in [7, 11) is 0. The number of nitrogens with zero attached hydrogens (tertiary/aromatic N) is 5. The predicted molar refractivity (Wildman–Crippen MR) is 127 cm³/mol. The molecular weight excluding hydrogens is 453 g/mol. The van der Waals surface area contributed by atoms with Crippen LogP contribution in [0.2, 0.25) is 0 Å². The molecule has 3 aromatic carbocycles. The predicted octanol–water partition coefficient (Wildman–Crippen LogP) is 3.49. The molecule has 174 valence electrons. The highest BCUT2D eigenvalue weighted by molar-refractivity contribution is 5.72. The number of non-ortho nitro benzene ring substituents is 1. The van der Waals surface area contributed by atoms with E-state index in [0.717, 1.165) is 10.1 Å². The van der Waals surface area contributed by atoms with E-state index >= 15 is 0 Å². The van der Waals surface area contributed by atoms with E-state index in [2.05, 4.69) is 4.98 Å². The zero-order valence-electron chi connectivity index (χ0n) is 18.2. The average Bonchev–Trinajstić information content (AvgIpc) is 3.27. The molecule has 2 aromatic heterocycles. The second-order valence-corrected chi connectivity index (χ2v) is 7.94. The summed E-state index contributed by atoms with van der Waals surface area (Å²) in [6, 6.07) is 20.5. The van der Waals surface area contributed by atoms with E-state index < -0.39 is 22.0 Å². The van der Waals surface area contributed by atoms with Crippen LogP contribution >= 0.6 is 0 Å². The minimum atomic E-state index is -0.612. The smallest absolute Gasteiger partial charge is 0.320 e. The highest BCUT2D eigenvalue weighted by Crippen LogP contribution is 2.18. The van der Waals surface area contributed by atoms with Crippen molar-refractivity contribution in [1.82, 2.24) is 18.7 Å². The Hall–Kier alpha value is -4.86. The van der Waals surface area contributed by atoms with Gasteiger partial charge in [-0.2, -0.15) is 0 Å². The van der Waals surface area contributed by atoms with Gasteiger partial charge in [0.15, 0.2) is 11.2 Å². The fraction of sp³-hybridized carbons (Fsp3) is 0.0800. The number of halogens is 1. The second-order valence-electron chi connectivity index (χ2n) is 7.94. The lowest BCUT2D eigenvalue weighted by atomic mass is 10.2. The van der Waals surface area contributed by atoms with Crippen LogP contribution in [0.15, 0.2) is 94.8 Å². The zero-order valence-corrected chi connectivity index (χ0v) is 18.2. The maximum Gasteiger partial charge on any atom is 0.337 e. The van der Waals surface area contributed by atoms with E-state index in [1.807, 2.05) is 18.2 Å². The monoisotopic (exact) mass is 471 g/mol. The molecule has 0 bridgehead atoms. The standard InChI is InChI=1S/C25H18FN5O4/c26-19-9-11-20(12-10-19)30-23-22(24(32)29(25(30)33)15-17-5-2-1-3-6-17)28(16-27-23)14-18-7-4-8-21(13-18)31(34)35/h1-13,16H,14-15H2. The molecule has 0 saturated carbocycles. The van der Waals surface area contributed by atoms with Crippen molar-refractivity contribution in [2.75, 3.05) is 0 Å². The maximum atomic E-state index is 13.6. The first kappa shape index (κ1) is 22.0. The van der Waals surface area contributed by atoms with Crippen molar-refractivity contribution >= 4 is 16.9 Å². The molecule has 0 amide bonds. The Bertz CT molecular complexity index is 1670. The van der Waals surface area contributed by atoms with Gasteiger partial charge >= 0.3 is 5.69 Å². The Kier molecular flexibility index (Phi) is 5.54. The van der Waals surface area contributed by atoms with Gasteiger partial charge in [-0.25, -0.2) is 18.7 Å². The van der Waals surface area contributed by atoms with E-state index in [-0.39, 0.29) is 29.9 Å². The van der Waals surface area contributed by atoms with Gasteiger partial charge in [-0.1, -0.05) is 42.5 Å². The molecule has 0 N–H and O–H groups in total. The van der Waals surface area contributed by atoms with E-state index in [1.54, 1.807) is 28.8 Å². The lowest BCUT2D eigenvalue weighted by molar-refractivity contribution is -0.384. The van der Waals surface area contributed by atoms with E-state index in [9.17, 15) is 24.1 Å². The number of nitro benzene ring substituents is 1. The fourth-order valence-corrected chi connectivity index (χ4v) is 3.99. The Morgan fingerprint density at radius 3 is 2.31 bits per heavy atom. The molecule has 0 aliphatic rings. The molecule has 0 fully saturated rings. The largest absolute Gasteiger partial charge is 0.337 e. The Morgan fingerprint density at radius 1 is 0.886 bits per heavy atom. The first-order chi connectivity index (χ1) is 16.9. The summed E-state index contributed by atoms with van der Waals surface area (Å²) >= 11 is 0. The third kappa shape index (κ3) is 4.12. The van der Waals surface area contributed by atoms with Gasteiger partial charge in [-0.3, -0.25) is 19.5 Å². The number of hydrogen-bond acceptors (Lipinski definition) is 5. The molecule has 0 unspecified atom stereocenters.